The third-order valence-electron chi connectivity index (χ3n) is 1.71. The van der Waals surface area contributed by atoms with Crippen LogP contribution < -0.4 is 0 Å². The molecule has 0 spiro atoms. The van der Waals surface area contributed by atoms with Crippen LogP contribution in [0.5, 0.6) is 0 Å². The second kappa shape index (κ2) is 2.80. The summed E-state index contributed by atoms with van der Waals surface area (Å²) in [4.78, 5) is 0. The van der Waals surface area contributed by atoms with Gasteiger partial charge < -0.3 is 5.11 Å². The van der Waals surface area contributed by atoms with Crippen LogP contribution in [0.2, 0.25) is 0 Å². The predicted octanol–water partition coefficient (Wildman–Crippen LogP) is 0.278. The highest BCUT2D eigenvalue weighted by Gasteiger charge is 2.21. The Hall–Kier alpha value is 0.110. The maximum atomic E-state index is 10.9. The van der Waals surface area contributed by atoms with E-state index in [1.165, 1.54) is 0 Å². The van der Waals surface area contributed by atoms with Gasteiger partial charge >= 0.3 is 0 Å². The molecule has 0 radical (unpaired) electrons. The van der Waals surface area contributed by atoms with Crippen LogP contribution in [0.1, 0.15) is 19.8 Å². The first-order valence-electron chi connectivity index (χ1n) is 3.25. The standard InChI is InChI=1S/C6H12O2S/c1-5-4-6(7)2-3-9(5)8/h5-7H,2-4H2,1H3/t5-,6-,9?/m1/s1. The molecule has 1 fully saturated rings. The van der Waals surface area contributed by atoms with Gasteiger partial charge in [-0.3, -0.25) is 4.21 Å². The highest BCUT2D eigenvalue weighted by atomic mass is 32.2. The first-order valence-corrected chi connectivity index (χ1v) is 4.63. The van der Waals surface area contributed by atoms with E-state index in [4.69, 9.17) is 5.11 Å². The summed E-state index contributed by atoms with van der Waals surface area (Å²) in [5.41, 5.74) is 0. The molecule has 1 aliphatic rings. The molecule has 1 rings (SSSR count). The van der Waals surface area contributed by atoms with Gasteiger partial charge in [-0.1, -0.05) is 6.92 Å². The molecule has 0 amide bonds. The molecular weight excluding hydrogens is 136 g/mol. The normalized spacial score (nSPS) is 44.9. The largest absolute Gasteiger partial charge is 0.393 e. The Kier molecular flexibility index (Phi) is 2.24. The topological polar surface area (TPSA) is 37.3 Å². The van der Waals surface area contributed by atoms with E-state index in [1.807, 2.05) is 6.92 Å². The van der Waals surface area contributed by atoms with Crippen LogP contribution in [0.15, 0.2) is 0 Å². The van der Waals surface area contributed by atoms with Crippen LogP contribution in [0.4, 0.5) is 0 Å². The van der Waals surface area contributed by atoms with E-state index in [2.05, 4.69) is 0 Å². The first kappa shape index (κ1) is 7.22. The molecule has 1 aliphatic heterocycles. The number of rotatable bonds is 0. The van der Waals surface area contributed by atoms with Crippen molar-refractivity contribution in [2.24, 2.45) is 0 Å². The molecule has 1 unspecified atom stereocenters. The molecule has 2 nitrogen and oxygen atoms in total. The Morgan fingerprint density at radius 2 is 2.33 bits per heavy atom. The van der Waals surface area contributed by atoms with E-state index in [0.29, 0.717) is 12.2 Å². The SMILES string of the molecule is C[C@@H]1C[C@H](O)CCS1=O. The maximum absolute atomic E-state index is 10.9. The Balaban J connectivity index is 2.44. The fraction of sp³-hybridized carbons (Fsp3) is 1.00. The Morgan fingerprint density at radius 3 is 2.78 bits per heavy atom. The van der Waals surface area contributed by atoms with Gasteiger partial charge in [0.05, 0.1) is 6.10 Å². The Morgan fingerprint density at radius 1 is 1.67 bits per heavy atom. The minimum atomic E-state index is -0.666. The predicted molar refractivity (Wildman–Crippen MR) is 37.7 cm³/mol. The first-order chi connectivity index (χ1) is 4.20. The monoisotopic (exact) mass is 148 g/mol. The van der Waals surface area contributed by atoms with E-state index in [9.17, 15) is 4.21 Å². The van der Waals surface area contributed by atoms with Gasteiger partial charge in [0, 0.05) is 21.8 Å². The number of hydrogen-bond acceptors (Lipinski definition) is 2. The molecule has 3 atom stereocenters. The van der Waals surface area contributed by atoms with Crippen LogP contribution >= 0.6 is 0 Å². The third kappa shape index (κ3) is 1.76. The van der Waals surface area contributed by atoms with Crippen molar-refractivity contribution in [3.63, 3.8) is 0 Å². The minimum Gasteiger partial charge on any atom is -0.393 e. The number of aliphatic hydroxyl groups is 1. The smallest absolute Gasteiger partial charge is 0.0560 e. The third-order valence-corrected chi connectivity index (χ3v) is 3.43. The van der Waals surface area contributed by atoms with Crippen LogP contribution in [0, 0.1) is 0 Å². The quantitative estimate of drug-likeness (QED) is 0.535. The second-order valence-corrected chi connectivity index (χ2v) is 4.55. The zero-order chi connectivity index (χ0) is 6.85. The lowest BCUT2D eigenvalue weighted by Gasteiger charge is -2.21. The summed E-state index contributed by atoms with van der Waals surface area (Å²) in [6.07, 6.45) is 1.24. The van der Waals surface area contributed by atoms with Crippen LogP contribution in [0.3, 0.4) is 0 Å². The number of hydrogen-bond donors (Lipinski definition) is 1. The van der Waals surface area contributed by atoms with Gasteiger partial charge in [-0.25, -0.2) is 0 Å². The van der Waals surface area contributed by atoms with Crippen molar-refractivity contribution in [3.8, 4) is 0 Å². The van der Waals surface area contributed by atoms with Crippen molar-refractivity contribution in [1.82, 2.24) is 0 Å². The van der Waals surface area contributed by atoms with Crippen LogP contribution in [-0.4, -0.2) is 26.4 Å². The van der Waals surface area contributed by atoms with Gasteiger partial charge in [0.25, 0.3) is 0 Å². The zero-order valence-electron chi connectivity index (χ0n) is 5.54. The fourth-order valence-corrected chi connectivity index (χ4v) is 2.41. The van der Waals surface area contributed by atoms with E-state index in [1.54, 1.807) is 0 Å². The summed E-state index contributed by atoms with van der Waals surface area (Å²) in [5.74, 6) is 0.683. The lowest BCUT2D eigenvalue weighted by Crippen LogP contribution is -2.28. The van der Waals surface area contributed by atoms with E-state index < -0.39 is 10.8 Å². The molecule has 0 aromatic carbocycles. The van der Waals surface area contributed by atoms with Crippen molar-refractivity contribution >= 4 is 10.8 Å². The van der Waals surface area contributed by atoms with Crippen molar-refractivity contribution in [1.29, 1.82) is 0 Å². The van der Waals surface area contributed by atoms with Gasteiger partial charge in [0.15, 0.2) is 0 Å². The summed E-state index contributed by atoms with van der Waals surface area (Å²) in [7, 11) is -0.666. The maximum Gasteiger partial charge on any atom is 0.0560 e. The van der Waals surface area contributed by atoms with Crippen molar-refractivity contribution < 1.29 is 9.32 Å². The summed E-state index contributed by atoms with van der Waals surface area (Å²) in [5, 5.41) is 9.27. The van der Waals surface area contributed by atoms with Crippen LogP contribution in [0.25, 0.3) is 0 Å². The molecule has 0 aliphatic carbocycles. The highest BCUT2D eigenvalue weighted by molar-refractivity contribution is 7.85. The van der Waals surface area contributed by atoms with E-state index in [-0.39, 0.29) is 11.4 Å². The van der Waals surface area contributed by atoms with Gasteiger partial charge in [-0.05, 0) is 12.8 Å². The van der Waals surface area contributed by atoms with Crippen LogP contribution in [-0.2, 0) is 10.8 Å². The minimum absolute atomic E-state index is 0.197. The Bertz CT molecular complexity index is 124. The molecule has 0 saturated carbocycles. The van der Waals surface area contributed by atoms with Gasteiger partial charge in [0.1, 0.15) is 0 Å². The molecular formula is C6H12O2S. The average molecular weight is 148 g/mol. The van der Waals surface area contributed by atoms with Gasteiger partial charge in [0.2, 0.25) is 0 Å². The molecule has 1 heterocycles. The second-order valence-electron chi connectivity index (χ2n) is 2.57. The van der Waals surface area contributed by atoms with Crippen molar-refractivity contribution in [2.75, 3.05) is 5.75 Å². The molecule has 3 heteroatoms. The number of aliphatic hydroxyl groups excluding tert-OH is 1. The molecule has 9 heavy (non-hydrogen) atoms. The van der Waals surface area contributed by atoms with Gasteiger partial charge in [-0.2, -0.15) is 0 Å². The lowest BCUT2D eigenvalue weighted by molar-refractivity contribution is 0.157. The molecule has 0 aromatic rings. The summed E-state index contributed by atoms with van der Waals surface area (Å²) >= 11 is 0. The zero-order valence-corrected chi connectivity index (χ0v) is 6.36. The summed E-state index contributed by atoms with van der Waals surface area (Å²) in [6.45, 7) is 1.93. The van der Waals surface area contributed by atoms with E-state index in [0.717, 1.165) is 6.42 Å². The molecule has 1 N–H and O–H groups in total. The van der Waals surface area contributed by atoms with Gasteiger partial charge in [-0.15, -0.1) is 0 Å². The molecule has 1 saturated heterocycles. The van der Waals surface area contributed by atoms with Crippen molar-refractivity contribution in [3.05, 3.63) is 0 Å². The molecule has 0 bridgehead atoms. The van der Waals surface area contributed by atoms with E-state index >= 15 is 0 Å². The fourth-order valence-electron chi connectivity index (χ4n) is 1.06. The highest BCUT2D eigenvalue weighted by Crippen LogP contribution is 2.15. The molecule has 0 aromatic heterocycles. The summed E-state index contributed by atoms with van der Waals surface area (Å²) in [6, 6.07) is 0. The lowest BCUT2D eigenvalue weighted by atomic mass is 10.1. The van der Waals surface area contributed by atoms with Crippen molar-refractivity contribution in [2.45, 2.75) is 31.1 Å². The summed E-state index contributed by atoms with van der Waals surface area (Å²) < 4.78 is 10.9. The average Bonchev–Trinajstić information content (AvgIpc) is 1.80. The molecule has 54 valence electrons. The Labute approximate surface area is 57.7 Å².